The Morgan fingerprint density at radius 1 is 1.31 bits per heavy atom. The average molecular weight is 219 g/mol. The van der Waals surface area contributed by atoms with Gasteiger partial charge in [-0.05, 0) is 43.2 Å². The maximum atomic E-state index is 5.97. The van der Waals surface area contributed by atoms with E-state index < -0.39 is 0 Å². The summed E-state index contributed by atoms with van der Waals surface area (Å²) in [6.45, 7) is 2.93. The average Bonchev–Trinajstić information content (AvgIpc) is 2.73. The van der Waals surface area contributed by atoms with Crippen molar-refractivity contribution in [1.82, 2.24) is 0 Å². The Bertz CT molecular complexity index is 337. The fraction of sp³-hybridized carbons (Fsp3) is 0.571. The normalized spacial score (nSPS) is 24.6. The van der Waals surface area contributed by atoms with Gasteiger partial charge in [0, 0.05) is 6.04 Å². The Labute approximate surface area is 97.8 Å². The third-order valence-corrected chi connectivity index (χ3v) is 3.29. The zero-order valence-electron chi connectivity index (χ0n) is 9.99. The van der Waals surface area contributed by atoms with E-state index >= 15 is 0 Å². The molecule has 1 aromatic carbocycles. The van der Waals surface area contributed by atoms with E-state index in [1.165, 1.54) is 12.0 Å². The maximum absolute atomic E-state index is 5.97. The van der Waals surface area contributed by atoms with Crippen LogP contribution in [0, 0.1) is 0 Å². The molecule has 0 saturated heterocycles. The molecule has 16 heavy (non-hydrogen) atoms. The fourth-order valence-corrected chi connectivity index (χ4v) is 2.46. The standard InChI is InChI=1S/C14H21NO/c1-2-9-16-14-6-4-3-5-13(14)11-7-8-12(15)10-11/h3-6,11-12H,2,7-10,15H2,1H3. The van der Waals surface area contributed by atoms with Crippen molar-refractivity contribution in [3.8, 4) is 5.75 Å². The third-order valence-electron chi connectivity index (χ3n) is 3.29. The number of nitrogens with two attached hydrogens (primary N) is 1. The van der Waals surface area contributed by atoms with Crippen LogP contribution in [0.1, 0.15) is 44.1 Å². The molecule has 0 bridgehead atoms. The van der Waals surface area contributed by atoms with Crippen molar-refractivity contribution in [3.63, 3.8) is 0 Å². The summed E-state index contributed by atoms with van der Waals surface area (Å²) in [6.07, 6.45) is 4.51. The van der Waals surface area contributed by atoms with E-state index in [0.717, 1.165) is 31.6 Å². The van der Waals surface area contributed by atoms with Crippen LogP contribution in [0.2, 0.25) is 0 Å². The van der Waals surface area contributed by atoms with Gasteiger partial charge < -0.3 is 10.5 Å². The molecule has 0 radical (unpaired) electrons. The van der Waals surface area contributed by atoms with E-state index in [1.54, 1.807) is 0 Å². The van der Waals surface area contributed by atoms with E-state index in [2.05, 4.69) is 25.1 Å². The molecule has 2 nitrogen and oxygen atoms in total. The lowest BCUT2D eigenvalue weighted by Gasteiger charge is -2.15. The van der Waals surface area contributed by atoms with Crippen LogP contribution in [0.3, 0.4) is 0 Å². The van der Waals surface area contributed by atoms with E-state index in [0.29, 0.717) is 12.0 Å². The zero-order valence-corrected chi connectivity index (χ0v) is 9.99. The van der Waals surface area contributed by atoms with Crippen LogP contribution in [0.15, 0.2) is 24.3 Å². The van der Waals surface area contributed by atoms with Crippen LogP contribution in [-0.4, -0.2) is 12.6 Å². The van der Waals surface area contributed by atoms with Crippen molar-refractivity contribution in [2.24, 2.45) is 5.73 Å². The molecule has 2 unspecified atom stereocenters. The monoisotopic (exact) mass is 219 g/mol. The Morgan fingerprint density at radius 3 is 2.81 bits per heavy atom. The molecule has 2 heteroatoms. The fourth-order valence-electron chi connectivity index (χ4n) is 2.46. The lowest BCUT2D eigenvalue weighted by Crippen LogP contribution is -2.14. The second-order valence-corrected chi connectivity index (χ2v) is 4.66. The van der Waals surface area contributed by atoms with Crippen LogP contribution >= 0.6 is 0 Å². The molecule has 0 aromatic heterocycles. The Balaban J connectivity index is 2.12. The molecule has 1 aliphatic rings. The summed E-state index contributed by atoms with van der Waals surface area (Å²) in [4.78, 5) is 0. The minimum Gasteiger partial charge on any atom is -0.493 e. The quantitative estimate of drug-likeness (QED) is 0.844. The molecular formula is C14H21NO. The first-order chi connectivity index (χ1) is 7.81. The molecule has 0 aliphatic heterocycles. The predicted octanol–water partition coefficient (Wildman–Crippen LogP) is 3.07. The van der Waals surface area contributed by atoms with Gasteiger partial charge in [-0.25, -0.2) is 0 Å². The van der Waals surface area contributed by atoms with Crippen LogP contribution in [0.25, 0.3) is 0 Å². The van der Waals surface area contributed by atoms with Gasteiger partial charge in [0.25, 0.3) is 0 Å². The van der Waals surface area contributed by atoms with Gasteiger partial charge in [0.1, 0.15) is 5.75 Å². The first kappa shape index (κ1) is 11.5. The summed E-state index contributed by atoms with van der Waals surface area (Å²) in [6, 6.07) is 8.79. The Morgan fingerprint density at radius 2 is 2.12 bits per heavy atom. The van der Waals surface area contributed by atoms with E-state index in [9.17, 15) is 0 Å². The third kappa shape index (κ3) is 2.56. The molecule has 2 rings (SSSR count). The van der Waals surface area contributed by atoms with E-state index in [4.69, 9.17) is 10.5 Å². The minimum absolute atomic E-state index is 0.379. The number of para-hydroxylation sites is 1. The highest BCUT2D eigenvalue weighted by Crippen LogP contribution is 2.38. The van der Waals surface area contributed by atoms with E-state index in [-0.39, 0.29) is 0 Å². The van der Waals surface area contributed by atoms with Gasteiger partial charge in [-0.2, -0.15) is 0 Å². The largest absolute Gasteiger partial charge is 0.493 e. The smallest absolute Gasteiger partial charge is 0.122 e. The van der Waals surface area contributed by atoms with Crippen molar-refractivity contribution >= 4 is 0 Å². The van der Waals surface area contributed by atoms with Crippen molar-refractivity contribution in [2.75, 3.05) is 6.61 Å². The SMILES string of the molecule is CCCOc1ccccc1C1CCC(N)C1. The topological polar surface area (TPSA) is 35.2 Å². The summed E-state index contributed by atoms with van der Waals surface area (Å²) in [7, 11) is 0. The van der Waals surface area contributed by atoms with Crippen molar-refractivity contribution in [3.05, 3.63) is 29.8 Å². The molecular weight excluding hydrogens is 198 g/mol. The first-order valence-electron chi connectivity index (χ1n) is 6.28. The van der Waals surface area contributed by atoms with Gasteiger partial charge in [-0.1, -0.05) is 25.1 Å². The highest BCUT2D eigenvalue weighted by molar-refractivity contribution is 5.37. The molecule has 0 spiro atoms. The second kappa shape index (κ2) is 5.35. The summed E-state index contributed by atoms with van der Waals surface area (Å²) in [5.74, 6) is 1.66. The number of benzene rings is 1. The number of hydrogen-bond acceptors (Lipinski definition) is 2. The molecule has 0 heterocycles. The molecule has 88 valence electrons. The molecule has 1 aliphatic carbocycles. The number of rotatable bonds is 4. The number of ether oxygens (including phenoxy) is 1. The maximum Gasteiger partial charge on any atom is 0.122 e. The molecule has 1 saturated carbocycles. The lowest BCUT2D eigenvalue weighted by atomic mass is 9.96. The molecule has 2 N–H and O–H groups in total. The lowest BCUT2D eigenvalue weighted by molar-refractivity contribution is 0.312. The summed E-state index contributed by atoms with van der Waals surface area (Å²) in [5, 5.41) is 0. The van der Waals surface area contributed by atoms with Crippen LogP contribution in [-0.2, 0) is 0 Å². The highest BCUT2D eigenvalue weighted by atomic mass is 16.5. The Kier molecular flexibility index (Phi) is 3.83. The highest BCUT2D eigenvalue weighted by Gasteiger charge is 2.25. The van der Waals surface area contributed by atoms with E-state index in [1.807, 2.05) is 6.07 Å². The zero-order chi connectivity index (χ0) is 11.4. The number of hydrogen-bond donors (Lipinski definition) is 1. The first-order valence-corrected chi connectivity index (χ1v) is 6.28. The molecule has 2 atom stereocenters. The predicted molar refractivity (Wildman–Crippen MR) is 66.8 cm³/mol. The van der Waals surface area contributed by atoms with Gasteiger partial charge >= 0.3 is 0 Å². The second-order valence-electron chi connectivity index (χ2n) is 4.66. The Hall–Kier alpha value is -1.02. The van der Waals surface area contributed by atoms with Gasteiger partial charge in [0.2, 0.25) is 0 Å². The minimum atomic E-state index is 0.379. The van der Waals surface area contributed by atoms with Gasteiger partial charge in [0.15, 0.2) is 0 Å². The summed E-state index contributed by atoms with van der Waals surface area (Å²) in [5.41, 5.74) is 7.32. The van der Waals surface area contributed by atoms with Crippen molar-refractivity contribution in [1.29, 1.82) is 0 Å². The van der Waals surface area contributed by atoms with Gasteiger partial charge in [0.05, 0.1) is 6.61 Å². The molecule has 0 amide bonds. The summed E-state index contributed by atoms with van der Waals surface area (Å²) >= 11 is 0. The molecule has 1 fully saturated rings. The van der Waals surface area contributed by atoms with Crippen LogP contribution in [0.4, 0.5) is 0 Å². The van der Waals surface area contributed by atoms with Gasteiger partial charge in [-0.3, -0.25) is 0 Å². The van der Waals surface area contributed by atoms with Crippen molar-refractivity contribution in [2.45, 2.75) is 44.6 Å². The van der Waals surface area contributed by atoms with Crippen molar-refractivity contribution < 1.29 is 4.74 Å². The molecule has 1 aromatic rings. The van der Waals surface area contributed by atoms with Crippen LogP contribution in [0.5, 0.6) is 5.75 Å². The van der Waals surface area contributed by atoms with Gasteiger partial charge in [-0.15, -0.1) is 0 Å². The van der Waals surface area contributed by atoms with Crippen LogP contribution < -0.4 is 10.5 Å². The summed E-state index contributed by atoms with van der Waals surface area (Å²) < 4.78 is 5.79.